The Bertz CT molecular complexity index is 1230. The van der Waals surface area contributed by atoms with Gasteiger partial charge in [-0.1, -0.05) is 12.1 Å². The van der Waals surface area contributed by atoms with E-state index in [-0.39, 0.29) is 12.7 Å². The second kappa shape index (κ2) is 10.5. The molecule has 7 nitrogen and oxygen atoms in total. The zero-order chi connectivity index (χ0) is 25.1. The van der Waals surface area contributed by atoms with E-state index in [0.717, 1.165) is 53.6 Å². The van der Waals surface area contributed by atoms with E-state index in [9.17, 15) is 4.79 Å². The topological polar surface area (TPSA) is 60.5 Å². The van der Waals surface area contributed by atoms with Crippen LogP contribution < -0.4 is 18.9 Å². The van der Waals surface area contributed by atoms with E-state index < -0.39 is 0 Å². The average molecular weight is 489 g/mol. The van der Waals surface area contributed by atoms with Crippen LogP contribution in [0.2, 0.25) is 0 Å². The summed E-state index contributed by atoms with van der Waals surface area (Å²) in [6.45, 7) is 8.54. The Morgan fingerprint density at radius 2 is 1.64 bits per heavy atom. The highest BCUT2D eigenvalue weighted by atomic mass is 16.7. The predicted octanol–water partition coefficient (Wildman–Crippen LogP) is 4.58. The van der Waals surface area contributed by atoms with E-state index in [4.69, 9.17) is 18.9 Å². The van der Waals surface area contributed by atoms with Crippen molar-refractivity contribution >= 4 is 5.91 Å². The maximum Gasteiger partial charge on any atom is 0.253 e. The summed E-state index contributed by atoms with van der Waals surface area (Å²) in [5.74, 6) is 3.16. The third-order valence-electron chi connectivity index (χ3n) is 6.62. The SMILES string of the molecule is COc1ccc(C(=O)N2CCN(Cc3ccc4c(c3)OCO4)CC2)cc1COc1cc(C)cc(C)c1. The number of rotatable bonds is 7. The number of carbonyl (C=O) groups excluding carboxylic acids is 1. The van der Waals surface area contributed by atoms with Crippen molar-refractivity contribution in [3.8, 4) is 23.0 Å². The van der Waals surface area contributed by atoms with Gasteiger partial charge in [0.1, 0.15) is 18.1 Å². The molecule has 2 aliphatic rings. The van der Waals surface area contributed by atoms with Crippen molar-refractivity contribution in [2.75, 3.05) is 40.1 Å². The predicted molar refractivity (Wildman–Crippen MR) is 137 cm³/mol. The molecule has 1 saturated heterocycles. The highest BCUT2D eigenvalue weighted by molar-refractivity contribution is 5.94. The minimum atomic E-state index is 0.0352. The number of carbonyl (C=O) groups is 1. The van der Waals surface area contributed by atoms with E-state index in [0.29, 0.717) is 31.0 Å². The van der Waals surface area contributed by atoms with Crippen molar-refractivity contribution < 1.29 is 23.7 Å². The lowest BCUT2D eigenvalue weighted by atomic mass is 10.1. The number of hydrogen-bond acceptors (Lipinski definition) is 6. The summed E-state index contributed by atoms with van der Waals surface area (Å²) in [5.41, 5.74) is 4.99. The van der Waals surface area contributed by atoms with Gasteiger partial charge in [-0.15, -0.1) is 0 Å². The summed E-state index contributed by atoms with van der Waals surface area (Å²) in [4.78, 5) is 17.6. The van der Waals surface area contributed by atoms with Crippen molar-refractivity contribution in [3.05, 3.63) is 82.4 Å². The standard InChI is InChI=1S/C29H32N2O5/c1-20-12-21(2)14-25(13-20)34-18-24-16-23(5-7-26(24)33-3)29(32)31-10-8-30(9-11-31)17-22-4-6-27-28(15-22)36-19-35-27/h4-7,12-16H,8-11,17-19H2,1-3H3. The third kappa shape index (κ3) is 5.41. The second-order valence-corrected chi connectivity index (χ2v) is 9.39. The van der Waals surface area contributed by atoms with Gasteiger partial charge in [0, 0.05) is 43.9 Å². The Morgan fingerprint density at radius 3 is 2.39 bits per heavy atom. The molecule has 36 heavy (non-hydrogen) atoms. The molecule has 1 fully saturated rings. The highest BCUT2D eigenvalue weighted by Crippen LogP contribution is 2.33. The van der Waals surface area contributed by atoms with Crippen LogP contribution in [-0.4, -0.2) is 55.8 Å². The van der Waals surface area contributed by atoms with Crippen molar-refractivity contribution in [1.82, 2.24) is 9.80 Å². The summed E-state index contributed by atoms with van der Waals surface area (Å²) in [7, 11) is 1.64. The number of aryl methyl sites for hydroxylation is 2. The van der Waals surface area contributed by atoms with Crippen molar-refractivity contribution in [2.45, 2.75) is 27.0 Å². The van der Waals surface area contributed by atoms with E-state index >= 15 is 0 Å². The molecule has 3 aromatic rings. The van der Waals surface area contributed by atoms with Crippen LogP contribution in [0.5, 0.6) is 23.0 Å². The molecule has 1 amide bonds. The van der Waals surface area contributed by atoms with E-state index in [1.54, 1.807) is 7.11 Å². The summed E-state index contributed by atoms with van der Waals surface area (Å²) < 4.78 is 22.5. The maximum atomic E-state index is 13.3. The van der Waals surface area contributed by atoms with Gasteiger partial charge < -0.3 is 23.8 Å². The Labute approximate surface area is 212 Å². The number of piperazine rings is 1. The van der Waals surface area contributed by atoms with Crippen molar-refractivity contribution in [3.63, 3.8) is 0 Å². The van der Waals surface area contributed by atoms with Crippen LogP contribution in [0.4, 0.5) is 0 Å². The van der Waals surface area contributed by atoms with Crippen LogP contribution in [0.3, 0.4) is 0 Å². The molecule has 0 spiro atoms. The molecule has 3 aromatic carbocycles. The number of amides is 1. The first-order valence-electron chi connectivity index (χ1n) is 12.3. The minimum absolute atomic E-state index is 0.0352. The minimum Gasteiger partial charge on any atom is -0.496 e. The van der Waals surface area contributed by atoms with Gasteiger partial charge in [-0.25, -0.2) is 0 Å². The van der Waals surface area contributed by atoms with E-state index in [2.05, 4.69) is 30.9 Å². The van der Waals surface area contributed by atoms with Gasteiger partial charge in [-0.2, -0.15) is 0 Å². The number of nitrogens with zero attached hydrogens (tertiary/aromatic N) is 2. The first-order chi connectivity index (χ1) is 17.5. The van der Waals surface area contributed by atoms with Gasteiger partial charge in [-0.05, 0) is 73.0 Å². The Morgan fingerprint density at radius 1 is 0.889 bits per heavy atom. The van der Waals surface area contributed by atoms with Gasteiger partial charge in [0.05, 0.1) is 7.11 Å². The molecule has 0 aromatic heterocycles. The lowest BCUT2D eigenvalue weighted by molar-refractivity contribution is 0.0628. The first kappa shape index (κ1) is 24.0. The summed E-state index contributed by atoms with van der Waals surface area (Å²) in [6.07, 6.45) is 0. The zero-order valence-electron chi connectivity index (χ0n) is 21.1. The van der Waals surface area contributed by atoms with Gasteiger partial charge >= 0.3 is 0 Å². The molecule has 7 heteroatoms. The number of methoxy groups -OCH3 is 1. The fourth-order valence-electron chi connectivity index (χ4n) is 4.79. The van der Waals surface area contributed by atoms with Gasteiger partial charge in [-0.3, -0.25) is 9.69 Å². The molecular weight excluding hydrogens is 456 g/mol. The highest BCUT2D eigenvalue weighted by Gasteiger charge is 2.24. The van der Waals surface area contributed by atoms with Crippen LogP contribution in [0.1, 0.15) is 32.6 Å². The smallest absolute Gasteiger partial charge is 0.253 e. The van der Waals surface area contributed by atoms with Crippen molar-refractivity contribution in [1.29, 1.82) is 0 Å². The first-order valence-corrected chi connectivity index (χ1v) is 12.3. The lowest BCUT2D eigenvalue weighted by Crippen LogP contribution is -2.48. The Hall–Kier alpha value is -3.71. The van der Waals surface area contributed by atoms with Crippen molar-refractivity contribution in [2.24, 2.45) is 0 Å². The lowest BCUT2D eigenvalue weighted by Gasteiger charge is -2.35. The fourth-order valence-corrected chi connectivity index (χ4v) is 4.79. The molecule has 188 valence electrons. The molecule has 0 N–H and O–H groups in total. The molecule has 0 aliphatic carbocycles. The van der Waals surface area contributed by atoms with Gasteiger partial charge in [0.15, 0.2) is 11.5 Å². The van der Waals surface area contributed by atoms with Crippen LogP contribution in [0.25, 0.3) is 0 Å². The Balaban J connectivity index is 1.20. The molecule has 0 atom stereocenters. The maximum absolute atomic E-state index is 13.3. The monoisotopic (exact) mass is 488 g/mol. The number of hydrogen-bond donors (Lipinski definition) is 0. The molecule has 0 bridgehead atoms. The van der Waals surface area contributed by atoms with Gasteiger partial charge in [0.25, 0.3) is 5.91 Å². The molecule has 0 unspecified atom stereocenters. The fraction of sp³-hybridized carbons (Fsp3) is 0.345. The summed E-state index contributed by atoms with van der Waals surface area (Å²) in [6, 6.07) is 17.8. The molecule has 5 rings (SSSR count). The van der Waals surface area contributed by atoms with E-state index in [1.807, 2.05) is 47.4 Å². The molecule has 0 radical (unpaired) electrons. The number of benzene rings is 3. The normalized spacial score (nSPS) is 15.1. The zero-order valence-corrected chi connectivity index (χ0v) is 21.1. The van der Waals surface area contributed by atoms with Crippen LogP contribution in [0, 0.1) is 13.8 Å². The third-order valence-corrected chi connectivity index (χ3v) is 6.62. The number of fused-ring (bicyclic) bond motifs is 1. The van der Waals surface area contributed by atoms with Crippen LogP contribution in [-0.2, 0) is 13.2 Å². The molecular formula is C29H32N2O5. The molecule has 2 aliphatic heterocycles. The summed E-state index contributed by atoms with van der Waals surface area (Å²) in [5, 5.41) is 0. The largest absolute Gasteiger partial charge is 0.496 e. The average Bonchev–Trinajstić information content (AvgIpc) is 3.35. The number of ether oxygens (including phenoxy) is 4. The van der Waals surface area contributed by atoms with Crippen LogP contribution >= 0.6 is 0 Å². The Kier molecular flexibility index (Phi) is 7.00. The quantitative estimate of drug-likeness (QED) is 0.485. The summed E-state index contributed by atoms with van der Waals surface area (Å²) >= 11 is 0. The molecule has 0 saturated carbocycles. The van der Waals surface area contributed by atoms with E-state index in [1.165, 1.54) is 5.56 Å². The van der Waals surface area contributed by atoms with Crippen LogP contribution in [0.15, 0.2) is 54.6 Å². The molecule has 2 heterocycles. The van der Waals surface area contributed by atoms with Gasteiger partial charge in [0.2, 0.25) is 6.79 Å². The second-order valence-electron chi connectivity index (χ2n) is 9.39.